The molecule has 0 aliphatic rings. The van der Waals surface area contributed by atoms with Crippen LogP contribution in [-0.4, -0.2) is 43.2 Å². The van der Waals surface area contributed by atoms with Gasteiger partial charge in [0.05, 0.1) is 6.10 Å². The van der Waals surface area contributed by atoms with Crippen LogP contribution >= 0.6 is 0 Å². The maximum absolute atomic E-state index is 11.8. The van der Waals surface area contributed by atoms with Crippen molar-refractivity contribution in [2.24, 2.45) is 0 Å². The maximum atomic E-state index is 11.8. The summed E-state index contributed by atoms with van der Waals surface area (Å²) in [6.07, 6.45) is 2.65. The van der Waals surface area contributed by atoms with Gasteiger partial charge in [-0.1, -0.05) is 0 Å². The van der Waals surface area contributed by atoms with E-state index in [2.05, 4.69) is 20.4 Å². The van der Waals surface area contributed by atoms with Crippen LogP contribution in [0, 0.1) is 6.92 Å². The lowest BCUT2D eigenvalue weighted by atomic mass is 10.2. The quantitative estimate of drug-likeness (QED) is 0.758. The largest absolute Gasteiger partial charge is 0.393 e. The normalized spacial score (nSPS) is 12.6. The number of fused-ring (bicyclic) bond motifs is 1. The number of aliphatic hydroxyl groups is 1. The van der Waals surface area contributed by atoms with Crippen molar-refractivity contribution in [3.05, 3.63) is 23.8 Å². The van der Waals surface area contributed by atoms with Crippen LogP contribution in [-0.2, 0) is 0 Å². The number of hydrogen-bond acceptors (Lipinski definition) is 5. The van der Waals surface area contributed by atoms with Crippen LogP contribution in [0.3, 0.4) is 0 Å². The standard InChI is InChI=1S/C12H17N5O2/c1-8-5-7-14-12-15-10(16-17(8)12)11(19)13-6-3-4-9(2)18/h5,7,9,18H,3-4,6H2,1-2H3,(H,13,19). The van der Waals surface area contributed by atoms with E-state index in [-0.39, 0.29) is 17.8 Å². The number of carbonyl (C=O) groups is 1. The van der Waals surface area contributed by atoms with Crippen LogP contribution in [0.4, 0.5) is 0 Å². The van der Waals surface area contributed by atoms with Gasteiger partial charge in [0.2, 0.25) is 5.82 Å². The van der Waals surface area contributed by atoms with E-state index in [0.717, 1.165) is 5.69 Å². The van der Waals surface area contributed by atoms with Gasteiger partial charge in [-0.2, -0.15) is 4.98 Å². The summed E-state index contributed by atoms with van der Waals surface area (Å²) in [5.74, 6) is 0.198. The fraction of sp³-hybridized carbons (Fsp3) is 0.500. The summed E-state index contributed by atoms with van der Waals surface area (Å²) in [5.41, 5.74) is 0.866. The number of amides is 1. The van der Waals surface area contributed by atoms with Crippen LogP contribution in [0.5, 0.6) is 0 Å². The molecule has 0 aromatic carbocycles. The van der Waals surface area contributed by atoms with Gasteiger partial charge >= 0.3 is 0 Å². The van der Waals surface area contributed by atoms with Gasteiger partial charge in [0, 0.05) is 18.4 Å². The van der Waals surface area contributed by atoms with Gasteiger partial charge in [0.1, 0.15) is 0 Å². The number of aromatic nitrogens is 4. The second-order valence-electron chi connectivity index (χ2n) is 4.48. The first-order valence-corrected chi connectivity index (χ1v) is 6.22. The molecule has 2 heterocycles. The van der Waals surface area contributed by atoms with Gasteiger partial charge in [-0.25, -0.2) is 9.50 Å². The molecule has 1 amide bonds. The fourth-order valence-corrected chi connectivity index (χ4v) is 1.68. The van der Waals surface area contributed by atoms with Crippen LogP contribution in [0.25, 0.3) is 5.78 Å². The third-order valence-electron chi connectivity index (χ3n) is 2.72. The first-order valence-electron chi connectivity index (χ1n) is 6.22. The van der Waals surface area contributed by atoms with E-state index in [4.69, 9.17) is 5.11 Å². The second kappa shape index (κ2) is 5.75. The van der Waals surface area contributed by atoms with Crippen molar-refractivity contribution in [2.45, 2.75) is 32.8 Å². The molecule has 0 spiro atoms. The lowest BCUT2D eigenvalue weighted by Gasteiger charge is -2.04. The number of carbonyl (C=O) groups excluding carboxylic acids is 1. The number of aryl methyl sites for hydroxylation is 1. The molecule has 0 fully saturated rings. The molecule has 0 radical (unpaired) electrons. The monoisotopic (exact) mass is 263 g/mol. The van der Waals surface area contributed by atoms with Gasteiger partial charge in [-0.15, -0.1) is 5.10 Å². The van der Waals surface area contributed by atoms with Crippen molar-refractivity contribution < 1.29 is 9.90 Å². The molecule has 2 aromatic heterocycles. The molecule has 2 N–H and O–H groups in total. The van der Waals surface area contributed by atoms with Crippen LogP contribution < -0.4 is 5.32 Å². The number of rotatable bonds is 5. The van der Waals surface area contributed by atoms with Crippen molar-refractivity contribution in [1.82, 2.24) is 24.9 Å². The maximum Gasteiger partial charge on any atom is 0.291 e. The molecular formula is C12H17N5O2. The van der Waals surface area contributed by atoms with E-state index < -0.39 is 0 Å². The minimum atomic E-state index is -0.350. The zero-order valence-electron chi connectivity index (χ0n) is 11.0. The molecule has 0 bridgehead atoms. The van der Waals surface area contributed by atoms with E-state index in [0.29, 0.717) is 25.2 Å². The van der Waals surface area contributed by atoms with Crippen LogP contribution in [0.15, 0.2) is 12.3 Å². The van der Waals surface area contributed by atoms with Gasteiger partial charge in [-0.3, -0.25) is 4.79 Å². The van der Waals surface area contributed by atoms with E-state index in [9.17, 15) is 4.79 Å². The third-order valence-corrected chi connectivity index (χ3v) is 2.72. The topological polar surface area (TPSA) is 92.4 Å². The molecule has 0 aliphatic heterocycles. The molecule has 0 saturated carbocycles. The minimum Gasteiger partial charge on any atom is -0.393 e. The Hall–Kier alpha value is -2.02. The van der Waals surface area contributed by atoms with Crippen molar-refractivity contribution in [1.29, 1.82) is 0 Å². The zero-order chi connectivity index (χ0) is 13.8. The average Bonchev–Trinajstić information content (AvgIpc) is 2.79. The Morgan fingerprint density at radius 3 is 3.05 bits per heavy atom. The Morgan fingerprint density at radius 1 is 1.58 bits per heavy atom. The number of nitrogens with one attached hydrogen (secondary N) is 1. The predicted molar refractivity (Wildman–Crippen MR) is 68.8 cm³/mol. The average molecular weight is 263 g/mol. The van der Waals surface area contributed by atoms with E-state index >= 15 is 0 Å². The summed E-state index contributed by atoms with van der Waals surface area (Å²) in [5, 5.41) is 15.9. The SMILES string of the molecule is Cc1ccnc2nc(C(=O)NCCCC(C)O)nn12. The van der Waals surface area contributed by atoms with Crippen LogP contribution in [0.2, 0.25) is 0 Å². The lowest BCUT2D eigenvalue weighted by molar-refractivity contribution is 0.0939. The highest BCUT2D eigenvalue weighted by Crippen LogP contribution is 2.02. The van der Waals surface area contributed by atoms with Gasteiger partial charge < -0.3 is 10.4 Å². The number of nitrogens with zero attached hydrogens (tertiary/aromatic N) is 4. The van der Waals surface area contributed by atoms with Gasteiger partial charge in [-0.05, 0) is 32.8 Å². The van der Waals surface area contributed by atoms with E-state index in [1.54, 1.807) is 19.2 Å². The molecule has 102 valence electrons. The Labute approximate surface area is 110 Å². The molecule has 7 nitrogen and oxygen atoms in total. The fourth-order valence-electron chi connectivity index (χ4n) is 1.68. The predicted octanol–water partition coefficient (Wildman–Crippen LogP) is 0.324. The summed E-state index contributed by atoms with van der Waals surface area (Å²) in [7, 11) is 0. The lowest BCUT2D eigenvalue weighted by Crippen LogP contribution is -2.26. The Morgan fingerprint density at radius 2 is 2.37 bits per heavy atom. The molecule has 0 saturated heterocycles. The van der Waals surface area contributed by atoms with Gasteiger partial charge in [0.25, 0.3) is 11.7 Å². The molecule has 7 heteroatoms. The molecular weight excluding hydrogens is 246 g/mol. The molecule has 2 aromatic rings. The van der Waals surface area contributed by atoms with Crippen molar-refractivity contribution in [2.75, 3.05) is 6.54 Å². The summed E-state index contributed by atoms with van der Waals surface area (Å²) in [4.78, 5) is 19.9. The summed E-state index contributed by atoms with van der Waals surface area (Å²) in [6.45, 7) is 4.08. The Balaban J connectivity index is 2.00. The Kier molecular flexibility index (Phi) is 4.06. The Bertz CT molecular complexity index is 579. The van der Waals surface area contributed by atoms with E-state index in [1.807, 2.05) is 6.92 Å². The van der Waals surface area contributed by atoms with Crippen molar-refractivity contribution in [3.63, 3.8) is 0 Å². The molecule has 2 rings (SSSR count). The molecule has 0 aliphatic carbocycles. The molecule has 1 atom stereocenters. The third kappa shape index (κ3) is 3.25. The first-order chi connectivity index (χ1) is 9.08. The molecule has 1 unspecified atom stereocenters. The summed E-state index contributed by atoms with van der Waals surface area (Å²) in [6, 6.07) is 1.80. The first kappa shape index (κ1) is 13.4. The highest BCUT2D eigenvalue weighted by atomic mass is 16.3. The zero-order valence-corrected chi connectivity index (χ0v) is 11.0. The highest BCUT2D eigenvalue weighted by Gasteiger charge is 2.13. The highest BCUT2D eigenvalue weighted by molar-refractivity contribution is 5.90. The van der Waals surface area contributed by atoms with Gasteiger partial charge in [0.15, 0.2) is 0 Å². The van der Waals surface area contributed by atoms with E-state index in [1.165, 1.54) is 4.52 Å². The summed E-state index contributed by atoms with van der Waals surface area (Å²) < 4.78 is 1.53. The summed E-state index contributed by atoms with van der Waals surface area (Å²) >= 11 is 0. The molecule has 19 heavy (non-hydrogen) atoms. The number of aliphatic hydroxyl groups excluding tert-OH is 1. The smallest absolute Gasteiger partial charge is 0.291 e. The number of hydrogen-bond donors (Lipinski definition) is 2. The second-order valence-corrected chi connectivity index (χ2v) is 4.48. The van der Waals surface area contributed by atoms with Crippen molar-refractivity contribution in [3.8, 4) is 0 Å². The minimum absolute atomic E-state index is 0.110. The van der Waals surface area contributed by atoms with Crippen LogP contribution in [0.1, 0.15) is 36.1 Å². The van der Waals surface area contributed by atoms with Crippen molar-refractivity contribution >= 4 is 11.7 Å².